The van der Waals surface area contributed by atoms with Gasteiger partial charge in [0.05, 0.1) is 5.71 Å². The van der Waals surface area contributed by atoms with Crippen LogP contribution < -0.4 is 0 Å². The van der Waals surface area contributed by atoms with Crippen LogP contribution in [-0.4, -0.2) is 44.4 Å². The molecule has 27 heavy (non-hydrogen) atoms. The summed E-state index contributed by atoms with van der Waals surface area (Å²) >= 11 is 0. The fourth-order valence-corrected chi connectivity index (χ4v) is 2.91. The van der Waals surface area contributed by atoms with E-state index >= 15 is 0 Å². The number of hydrogen-bond donors (Lipinski definition) is 1. The van der Waals surface area contributed by atoms with Gasteiger partial charge in [-0.3, -0.25) is 9.59 Å². The first kappa shape index (κ1) is 21.0. The highest BCUT2D eigenvalue weighted by Gasteiger charge is 2.28. The molecule has 2 heterocycles. The number of Topliss-reactive ketones (excluding diaryl/α,β-unsaturated/α-hetero) is 2. The predicted octanol–water partition coefficient (Wildman–Crippen LogP) is 3.19. The molecule has 1 aliphatic heterocycles. The Labute approximate surface area is 159 Å². The Balaban J connectivity index is 1.62. The van der Waals surface area contributed by atoms with Crippen LogP contribution >= 0.6 is 0 Å². The second-order valence-corrected chi connectivity index (χ2v) is 8.37. The standard InChI is InChI=1S/C18H29N7O2/c1-17(2,15-12-19-23-20-15)10-8-13(26)6-5-7-14(27)9-11-18(3,4)16-21-24-25-22-16/h5-12H2,1-4H3,(H,21,22,24,25). The smallest absolute Gasteiger partial charge is 0.180 e. The minimum Gasteiger partial charge on any atom is -0.300 e. The molecule has 1 N–H and O–H groups in total. The number of nitrogens with one attached hydrogen (secondary N) is 1. The van der Waals surface area contributed by atoms with Crippen molar-refractivity contribution in [1.82, 2.24) is 20.6 Å². The van der Waals surface area contributed by atoms with Crippen molar-refractivity contribution in [3.8, 4) is 0 Å². The fraction of sp³-hybridized carbons (Fsp3) is 0.778. The number of H-pyrrole nitrogens is 1. The first-order chi connectivity index (χ1) is 12.7. The molecule has 1 aromatic heterocycles. The molecule has 0 amide bonds. The lowest BCUT2D eigenvalue weighted by Gasteiger charge is -2.23. The average Bonchev–Trinajstić information content (AvgIpc) is 3.32. The molecule has 0 aliphatic carbocycles. The molecular formula is C18H29N7O2. The van der Waals surface area contributed by atoms with Gasteiger partial charge in [0.15, 0.2) is 5.82 Å². The Morgan fingerprint density at radius 2 is 1.59 bits per heavy atom. The molecule has 9 heteroatoms. The van der Waals surface area contributed by atoms with Crippen molar-refractivity contribution >= 4 is 17.3 Å². The summed E-state index contributed by atoms with van der Waals surface area (Å²) in [5, 5.41) is 25.6. The molecule has 0 saturated carbocycles. The van der Waals surface area contributed by atoms with Gasteiger partial charge in [-0.1, -0.05) is 32.9 Å². The molecule has 0 atom stereocenters. The summed E-state index contributed by atoms with van der Waals surface area (Å²) in [7, 11) is 0. The van der Waals surface area contributed by atoms with Crippen molar-refractivity contribution < 1.29 is 9.59 Å². The van der Waals surface area contributed by atoms with E-state index in [4.69, 9.17) is 0 Å². The maximum absolute atomic E-state index is 12.1. The number of aromatic amines is 1. The van der Waals surface area contributed by atoms with Crippen molar-refractivity contribution in [3.63, 3.8) is 0 Å². The molecule has 1 aliphatic rings. The van der Waals surface area contributed by atoms with Crippen LogP contribution in [-0.2, 0) is 15.0 Å². The van der Waals surface area contributed by atoms with Crippen molar-refractivity contribution in [1.29, 1.82) is 0 Å². The summed E-state index contributed by atoms with van der Waals surface area (Å²) in [5.74, 6) is 0.972. The van der Waals surface area contributed by atoms with Crippen LogP contribution in [0.3, 0.4) is 0 Å². The summed E-state index contributed by atoms with van der Waals surface area (Å²) in [4.78, 5) is 24.3. The Morgan fingerprint density at radius 3 is 2.11 bits per heavy atom. The fourth-order valence-electron chi connectivity index (χ4n) is 2.91. The lowest BCUT2D eigenvalue weighted by atomic mass is 9.81. The highest BCUT2D eigenvalue weighted by Crippen LogP contribution is 2.28. The number of carbonyl (C=O) groups is 2. The molecule has 0 saturated heterocycles. The number of nitrogens with zero attached hydrogens (tertiary/aromatic N) is 6. The van der Waals surface area contributed by atoms with E-state index in [-0.39, 0.29) is 22.4 Å². The molecule has 148 valence electrons. The van der Waals surface area contributed by atoms with E-state index in [1.807, 2.05) is 13.8 Å². The van der Waals surface area contributed by atoms with Crippen LogP contribution in [0, 0.1) is 5.41 Å². The van der Waals surface area contributed by atoms with Gasteiger partial charge in [0.2, 0.25) is 0 Å². The van der Waals surface area contributed by atoms with Gasteiger partial charge in [-0.05, 0) is 24.5 Å². The minimum absolute atomic E-state index is 0.170. The zero-order chi connectivity index (χ0) is 19.9. The van der Waals surface area contributed by atoms with Gasteiger partial charge in [0.1, 0.15) is 18.1 Å². The SMILES string of the molecule is CC(C)(CCC(=O)CCCC(=O)CCC(C)(C)c1nn[nH]n1)C1=NN=NC1. The number of tetrazole rings is 1. The lowest BCUT2D eigenvalue weighted by Crippen LogP contribution is -2.26. The quantitative estimate of drug-likeness (QED) is 0.600. The number of hydrogen-bond acceptors (Lipinski definition) is 8. The van der Waals surface area contributed by atoms with Crippen molar-refractivity contribution in [3.05, 3.63) is 5.82 Å². The van der Waals surface area contributed by atoms with Crippen LogP contribution in [0.1, 0.15) is 78.5 Å². The van der Waals surface area contributed by atoms with Crippen LogP contribution in [0.4, 0.5) is 0 Å². The second-order valence-electron chi connectivity index (χ2n) is 8.37. The summed E-state index contributed by atoms with van der Waals surface area (Å²) < 4.78 is 0. The zero-order valence-corrected chi connectivity index (χ0v) is 16.7. The molecule has 0 fully saturated rings. The topological polar surface area (TPSA) is 126 Å². The monoisotopic (exact) mass is 375 g/mol. The van der Waals surface area contributed by atoms with Gasteiger partial charge in [0.25, 0.3) is 0 Å². The predicted molar refractivity (Wildman–Crippen MR) is 100 cm³/mol. The average molecular weight is 375 g/mol. The molecule has 1 aromatic rings. The molecule has 9 nitrogen and oxygen atoms in total. The number of carbonyl (C=O) groups excluding carboxylic acids is 2. The van der Waals surface area contributed by atoms with E-state index in [0.717, 1.165) is 12.1 Å². The summed E-state index contributed by atoms with van der Waals surface area (Å²) in [6.07, 6.45) is 3.81. The molecule has 0 spiro atoms. The van der Waals surface area contributed by atoms with E-state index in [0.29, 0.717) is 50.9 Å². The largest absolute Gasteiger partial charge is 0.300 e. The lowest BCUT2D eigenvalue weighted by molar-refractivity contribution is -0.120. The van der Waals surface area contributed by atoms with Gasteiger partial charge in [0, 0.05) is 36.5 Å². The highest BCUT2D eigenvalue weighted by atomic mass is 16.1. The molecule has 0 unspecified atom stereocenters. The Hall–Kier alpha value is -2.32. The number of ketones is 2. The highest BCUT2D eigenvalue weighted by molar-refractivity contribution is 5.92. The third-order valence-corrected chi connectivity index (χ3v) is 5.15. The Kier molecular flexibility index (Phi) is 7.04. The second kappa shape index (κ2) is 9.05. The van der Waals surface area contributed by atoms with E-state index in [9.17, 15) is 9.59 Å². The van der Waals surface area contributed by atoms with Gasteiger partial charge in [-0.2, -0.15) is 10.3 Å². The number of rotatable bonds is 12. The molecule has 0 radical (unpaired) electrons. The van der Waals surface area contributed by atoms with E-state index < -0.39 is 0 Å². The van der Waals surface area contributed by atoms with E-state index in [1.54, 1.807) is 0 Å². The summed E-state index contributed by atoms with van der Waals surface area (Å²) in [6.45, 7) is 8.63. The van der Waals surface area contributed by atoms with Crippen LogP contribution in [0.25, 0.3) is 0 Å². The maximum atomic E-state index is 12.1. The Bertz CT molecular complexity index is 705. The maximum Gasteiger partial charge on any atom is 0.180 e. The van der Waals surface area contributed by atoms with E-state index in [2.05, 4.69) is 49.9 Å². The summed E-state index contributed by atoms with van der Waals surface area (Å²) in [6, 6.07) is 0. The minimum atomic E-state index is -0.300. The third kappa shape index (κ3) is 6.41. The molecule has 2 rings (SSSR count). The van der Waals surface area contributed by atoms with Gasteiger partial charge < -0.3 is 0 Å². The third-order valence-electron chi connectivity index (χ3n) is 5.15. The van der Waals surface area contributed by atoms with Crippen LogP contribution in [0.15, 0.2) is 15.4 Å². The van der Waals surface area contributed by atoms with E-state index in [1.165, 1.54) is 0 Å². The summed E-state index contributed by atoms with van der Waals surface area (Å²) in [5.41, 5.74) is 0.455. The zero-order valence-electron chi connectivity index (χ0n) is 16.7. The van der Waals surface area contributed by atoms with Crippen LogP contribution in [0.5, 0.6) is 0 Å². The molecular weight excluding hydrogens is 346 g/mol. The molecule has 0 aromatic carbocycles. The molecule has 0 bridgehead atoms. The van der Waals surface area contributed by atoms with Crippen LogP contribution in [0.2, 0.25) is 0 Å². The number of aromatic nitrogens is 4. The van der Waals surface area contributed by atoms with Crippen molar-refractivity contribution in [2.24, 2.45) is 20.9 Å². The van der Waals surface area contributed by atoms with Gasteiger partial charge in [-0.15, -0.1) is 15.3 Å². The van der Waals surface area contributed by atoms with Crippen molar-refractivity contribution in [2.75, 3.05) is 6.54 Å². The van der Waals surface area contributed by atoms with Gasteiger partial charge >= 0.3 is 0 Å². The first-order valence-corrected chi connectivity index (χ1v) is 9.42. The van der Waals surface area contributed by atoms with Gasteiger partial charge in [-0.25, -0.2) is 0 Å². The normalized spacial score (nSPS) is 14.4. The van der Waals surface area contributed by atoms with Crippen molar-refractivity contribution in [2.45, 2.75) is 78.1 Å². The Morgan fingerprint density at radius 1 is 0.963 bits per heavy atom. The first-order valence-electron chi connectivity index (χ1n) is 9.42.